The fraction of sp³-hybridized carbons (Fsp3) is 0.387. The van der Waals surface area contributed by atoms with Gasteiger partial charge in [-0.3, -0.25) is 4.90 Å². The summed E-state index contributed by atoms with van der Waals surface area (Å²) in [5.74, 6) is -0.769. The van der Waals surface area contributed by atoms with E-state index in [1.807, 2.05) is 0 Å². The van der Waals surface area contributed by atoms with Gasteiger partial charge in [0.15, 0.2) is 0 Å². The van der Waals surface area contributed by atoms with Crippen molar-refractivity contribution in [2.24, 2.45) is 0 Å². The normalized spacial score (nSPS) is 17.1. The van der Waals surface area contributed by atoms with Crippen molar-refractivity contribution in [2.45, 2.75) is 38.4 Å². The standard InChI is InChI=1S/C30H31F3N6O4.CH2O2/c1-19-25(27(41)43-2)26(24-9-8-20(18-34)16-21(24)10-13-39(14-15-40)11-3-4-12-39)38-28(35-36-29(38)42)37(19)23-7-5-6-22(17-23)30(31,32)33;2-1-3/h5-9,16-17,26,40H,3-4,10-15H2,1-2H3;1H,(H,2,3). The van der Waals surface area contributed by atoms with E-state index in [9.17, 15) is 33.1 Å². The Kier molecular flexibility index (Phi) is 10.3. The molecule has 46 heavy (non-hydrogen) atoms. The Hall–Kier alpha value is -4.94. The molecule has 0 aliphatic carbocycles. The minimum absolute atomic E-state index is 0.00175. The van der Waals surface area contributed by atoms with Crippen LogP contribution in [0.25, 0.3) is 0 Å². The molecule has 2 aliphatic heterocycles. The van der Waals surface area contributed by atoms with Crippen molar-refractivity contribution >= 4 is 24.1 Å². The third-order valence-electron chi connectivity index (χ3n) is 8.49. The number of nitriles is 1. The number of esters is 1. The van der Waals surface area contributed by atoms with Gasteiger partial charge >= 0.3 is 17.8 Å². The Morgan fingerprint density at radius 1 is 1.24 bits per heavy atom. The lowest BCUT2D eigenvalue weighted by Crippen LogP contribution is -2.48. The van der Waals surface area contributed by atoms with Crippen LogP contribution < -0.4 is 15.7 Å². The van der Waals surface area contributed by atoms with Crippen LogP contribution in [0, 0.1) is 11.3 Å². The molecule has 15 heteroatoms. The molecule has 1 unspecified atom stereocenters. The van der Waals surface area contributed by atoms with Gasteiger partial charge in [-0.2, -0.15) is 18.4 Å². The Morgan fingerprint density at radius 2 is 1.93 bits per heavy atom. The second kappa shape index (κ2) is 14.0. The van der Waals surface area contributed by atoms with Crippen LogP contribution in [0.1, 0.15) is 48.1 Å². The summed E-state index contributed by atoms with van der Waals surface area (Å²) in [4.78, 5) is 36.3. The Balaban J connectivity index is 0.00000154. The number of ether oxygens (including phenoxy) is 1. The fourth-order valence-corrected chi connectivity index (χ4v) is 6.37. The number of fused-ring (bicyclic) bond motifs is 1. The molecule has 3 heterocycles. The SMILES string of the molecule is COC(=O)C1=C(C)N(c2cccc(C(F)(F)F)c2)c2n[nH]c(=O)n2C1c1ccc(C#N)cc1CC[N+]1(CCO)CCCC1.O=C[O-]. The van der Waals surface area contributed by atoms with Crippen LogP contribution in [0.15, 0.2) is 58.5 Å². The number of hydrogen-bond donors (Lipinski definition) is 2. The van der Waals surface area contributed by atoms with E-state index in [1.54, 1.807) is 25.1 Å². The van der Waals surface area contributed by atoms with Gasteiger partial charge in [0.1, 0.15) is 12.6 Å². The van der Waals surface area contributed by atoms with E-state index in [0.29, 0.717) is 30.6 Å². The lowest BCUT2D eigenvalue weighted by molar-refractivity contribution is -0.916. The average Bonchev–Trinajstić information content (AvgIpc) is 3.66. The minimum Gasteiger partial charge on any atom is -0.554 e. The monoisotopic (exact) mass is 642 g/mol. The van der Waals surface area contributed by atoms with E-state index in [2.05, 4.69) is 16.3 Å². The number of hydrogen-bond acceptors (Lipinski definition) is 9. The van der Waals surface area contributed by atoms with Crippen LogP contribution in [-0.2, 0) is 26.9 Å². The largest absolute Gasteiger partial charge is 0.554 e. The highest BCUT2D eigenvalue weighted by Gasteiger charge is 2.41. The third kappa shape index (κ3) is 6.68. The molecule has 12 nitrogen and oxygen atoms in total. The van der Waals surface area contributed by atoms with Crippen molar-refractivity contribution in [1.82, 2.24) is 14.8 Å². The molecule has 3 aromatic rings. The smallest absolute Gasteiger partial charge is 0.416 e. The summed E-state index contributed by atoms with van der Waals surface area (Å²) in [5, 5.41) is 34.2. The highest BCUT2D eigenvalue weighted by Crippen LogP contribution is 2.43. The lowest BCUT2D eigenvalue weighted by atomic mass is 9.89. The zero-order valence-electron chi connectivity index (χ0n) is 25.2. The number of anilines is 2. The maximum atomic E-state index is 13.6. The maximum Gasteiger partial charge on any atom is 0.416 e. The lowest BCUT2D eigenvalue weighted by Gasteiger charge is -2.37. The topological polar surface area (TPSA) is 164 Å². The molecule has 0 spiro atoms. The number of nitrogens with zero attached hydrogens (tertiary/aromatic N) is 5. The van der Waals surface area contributed by atoms with Crippen LogP contribution in [0.3, 0.4) is 0 Å². The number of carbonyl (C=O) groups excluding carboxylic acids is 2. The fourth-order valence-electron chi connectivity index (χ4n) is 6.37. The van der Waals surface area contributed by atoms with Crippen molar-refractivity contribution in [2.75, 3.05) is 44.8 Å². The number of rotatable bonds is 8. The van der Waals surface area contributed by atoms with Gasteiger partial charge in [0.25, 0.3) is 0 Å². The summed E-state index contributed by atoms with van der Waals surface area (Å²) in [5.41, 5.74) is 0.446. The van der Waals surface area contributed by atoms with Crippen LogP contribution in [-0.4, -0.2) is 76.7 Å². The maximum absolute atomic E-state index is 13.6. The van der Waals surface area contributed by atoms with E-state index in [-0.39, 0.29) is 29.5 Å². The molecule has 2 N–H and O–H groups in total. The summed E-state index contributed by atoms with van der Waals surface area (Å²) >= 11 is 0. The first kappa shape index (κ1) is 33.9. The second-order valence-electron chi connectivity index (χ2n) is 11.0. The van der Waals surface area contributed by atoms with Crippen LogP contribution in [0.2, 0.25) is 0 Å². The van der Waals surface area contributed by atoms with E-state index < -0.39 is 35.9 Å². The molecular weight excluding hydrogens is 609 g/mol. The molecule has 0 amide bonds. The van der Waals surface area contributed by atoms with E-state index >= 15 is 0 Å². The van der Waals surface area contributed by atoms with Gasteiger partial charge in [-0.25, -0.2) is 19.3 Å². The van der Waals surface area contributed by atoms with Gasteiger partial charge in [0.05, 0.1) is 56.1 Å². The van der Waals surface area contributed by atoms with Gasteiger partial charge in [-0.05, 0) is 48.4 Å². The highest BCUT2D eigenvalue weighted by atomic mass is 19.4. The number of H-pyrrole nitrogens is 1. The molecule has 1 saturated heterocycles. The number of aromatic nitrogens is 3. The zero-order chi connectivity index (χ0) is 33.6. The van der Waals surface area contributed by atoms with E-state index in [1.165, 1.54) is 28.7 Å². The number of alkyl halides is 3. The number of carbonyl (C=O) groups is 2. The third-order valence-corrected chi connectivity index (χ3v) is 8.49. The Bertz CT molecular complexity index is 1720. The summed E-state index contributed by atoms with van der Waals surface area (Å²) in [6.07, 6.45) is -2.04. The summed E-state index contributed by atoms with van der Waals surface area (Å²) in [7, 11) is 1.19. The molecule has 1 atom stereocenters. The average molecular weight is 643 g/mol. The predicted molar refractivity (Wildman–Crippen MR) is 156 cm³/mol. The second-order valence-corrected chi connectivity index (χ2v) is 11.0. The van der Waals surface area contributed by atoms with E-state index in [4.69, 9.17) is 14.6 Å². The first-order valence-electron chi connectivity index (χ1n) is 14.4. The minimum atomic E-state index is -4.62. The molecule has 2 aromatic carbocycles. The highest BCUT2D eigenvalue weighted by molar-refractivity contribution is 5.93. The molecule has 244 valence electrons. The number of aliphatic hydroxyl groups is 1. The number of methoxy groups -OCH3 is 1. The molecule has 1 fully saturated rings. The molecular formula is C31H33F3N6O6. The first-order valence-corrected chi connectivity index (χ1v) is 14.4. The molecule has 0 bridgehead atoms. The number of aromatic amines is 1. The summed E-state index contributed by atoms with van der Waals surface area (Å²) in [6.45, 7) is 4.22. The van der Waals surface area contributed by atoms with Gasteiger partial charge in [0.2, 0.25) is 5.95 Å². The van der Waals surface area contributed by atoms with Crippen LogP contribution in [0.4, 0.5) is 24.8 Å². The number of likely N-dealkylation sites (tertiary alicyclic amines) is 1. The number of nitrogens with one attached hydrogen (secondary N) is 1. The van der Waals surface area contributed by atoms with Gasteiger partial charge in [-0.1, -0.05) is 12.1 Å². The van der Waals surface area contributed by atoms with Gasteiger partial charge in [-0.15, -0.1) is 5.10 Å². The molecule has 2 aliphatic rings. The number of halogens is 3. The molecule has 5 rings (SSSR count). The van der Waals surface area contributed by atoms with E-state index in [0.717, 1.165) is 48.1 Å². The Labute approximate surface area is 262 Å². The number of allylic oxidation sites excluding steroid dienone is 1. The quantitative estimate of drug-likeness (QED) is 0.213. The number of carboxylic acid groups (broad SMARTS) is 1. The van der Waals surface area contributed by atoms with Crippen molar-refractivity contribution in [3.63, 3.8) is 0 Å². The van der Waals surface area contributed by atoms with Crippen LogP contribution >= 0.6 is 0 Å². The van der Waals surface area contributed by atoms with Crippen LogP contribution in [0.5, 0.6) is 0 Å². The molecule has 0 radical (unpaired) electrons. The van der Waals surface area contributed by atoms with Crippen molar-refractivity contribution < 1.29 is 42.2 Å². The Morgan fingerprint density at radius 3 is 2.54 bits per heavy atom. The van der Waals surface area contributed by atoms with Crippen molar-refractivity contribution in [3.05, 3.63) is 86.5 Å². The zero-order valence-corrected chi connectivity index (χ0v) is 25.2. The van der Waals surface area contributed by atoms with Crippen molar-refractivity contribution in [3.8, 4) is 6.07 Å². The van der Waals surface area contributed by atoms with Crippen molar-refractivity contribution in [1.29, 1.82) is 5.26 Å². The predicted octanol–water partition coefficient (Wildman–Crippen LogP) is 2.16. The summed E-state index contributed by atoms with van der Waals surface area (Å²) in [6, 6.07) is 10.7. The van der Waals surface area contributed by atoms with Gasteiger partial charge < -0.3 is 24.2 Å². The van der Waals surface area contributed by atoms with Gasteiger partial charge in [0, 0.05) is 37.1 Å². The number of benzene rings is 2. The number of aliphatic hydroxyl groups excluding tert-OH is 1. The first-order chi connectivity index (χ1) is 21.9. The summed E-state index contributed by atoms with van der Waals surface area (Å²) < 4.78 is 48.0. The molecule has 1 aromatic heterocycles. The number of quaternary nitrogens is 1. The molecule has 0 saturated carbocycles.